The van der Waals surface area contributed by atoms with E-state index in [9.17, 15) is 22.4 Å². The van der Waals surface area contributed by atoms with Crippen molar-refractivity contribution in [2.75, 3.05) is 0 Å². The summed E-state index contributed by atoms with van der Waals surface area (Å²) in [6, 6.07) is 0. The number of halogens is 4. The first-order valence-electron chi connectivity index (χ1n) is 10.6. The molecule has 0 saturated heterocycles. The molecule has 26 heavy (non-hydrogen) atoms. The molecule has 0 rings (SSSR count). The van der Waals surface area contributed by atoms with E-state index in [0.29, 0.717) is 31.5 Å². The molecule has 0 radical (unpaired) electrons. The Morgan fingerprint density at radius 1 is 0.462 bits per heavy atom. The van der Waals surface area contributed by atoms with Crippen molar-refractivity contribution in [1.82, 2.24) is 0 Å². The highest BCUT2D eigenvalue weighted by atomic mass is 19.3. The lowest BCUT2D eigenvalue weighted by atomic mass is 10.0. The van der Waals surface area contributed by atoms with Crippen LogP contribution in [0.2, 0.25) is 0 Å². The Labute approximate surface area is 157 Å². The minimum atomic E-state index is -2.17. The first-order chi connectivity index (χ1) is 12.5. The maximum atomic E-state index is 12.0. The SMILES string of the molecule is O=C(CCCCCCCCCC(F)F)CCCCCCCCCC(F)F. The Kier molecular flexibility index (Phi) is 18.7. The van der Waals surface area contributed by atoms with Gasteiger partial charge in [-0.15, -0.1) is 0 Å². The number of Topliss-reactive ketones (excluding diaryl/α,β-unsaturated/α-hetero) is 1. The summed E-state index contributed by atoms with van der Waals surface area (Å²) in [6.45, 7) is 0. The molecule has 0 aliphatic carbocycles. The van der Waals surface area contributed by atoms with Gasteiger partial charge < -0.3 is 0 Å². The third-order valence-corrected chi connectivity index (χ3v) is 4.76. The van der Waals surface area contributed by atoms with Crippen LogP contribution in [0.5, 0.6) is 0 Å². The molecule has 0 saturated carbocycles. The van der Waals surface area contributed by atoms with Crippen molar-refractivity contribution in [3.63, 3.8) is 0 Å². The molecule has 0 aliphatic rings. The monoisotopic (exact) mass is 382 g/mol. The normalized spacial score (nSPS) is 11.6. The fourth-order valence-electron chi connectivity index (χ4n) is 3.13. The van der Waals surface area contributed by atoms with E-state index in [1.54, 1.807) is 0 Å². The molecule has 156 valence electrons. The fraction of sp³-hybridized carbons (Fsp3) is 0.952. The molecule has 0 N–H and O–H groups in total. The molecule has 0 fully saturated rings. The smallest absolute Gasteiger partial charge is 0.238 e. The minimum Gasteiger partial charge on any atom is -0.300 e. The minimum absolute atomic E-state index is 0.0210. The molecule has 5 heteroatoms. The van der Waals surface area contributed by atoms with Gasteiger partial charge in [0.1, 0.15) is 5.78 Å². The predicted octanol–water partition coefficient (Wildman–Crippen LogP) is 8.11. The molecule has 0 heterocycles. The number of ketones is 1. The molecule has 0 aromatic rings. The van der Waals surface area contributed by atoms with Gasteiger partial charge in [-0.2, -0.15) is 0 Å². The summed E-state index contributed by atoms with van der Waals surface area (Å²) in [4.78, 5) is 11.8. The van der Waals surface area contributed by atoms with Crippen molar-refractivity contribution in [3.8, 4) is 0 Å². The highest BCUT2D eigenvalue weighted by Gasteiger charge is 2.04. The number of hydrogen-bond donors (Lipinski definition) is 0. The van der Waals surface area contributed by atoms with Crippen molar-refractivity contribution >= 4 is 5.78 Å². The number of carbonyl (C=O) groups excluding carboxylic acids is 1. The van der Waals surface area contributed by atoms with Gasteiger partial charge >= 0.3 is 0 Å². The molecule has 0 bridgehead atoms. The Hall–Kier alpha value is -0.610. The lowest BCUT2D eigenvalue weighted by molar-refractivity contribution is -0.119. The summed E-state index contributed by atoms with van der Waals surface area (Å²) < 4.78 is 47.8. The van der Waals surface area contributed by atoms with Crippen LogP contribution in [-0.2, 0) is 4.79 Å². The second-order valence-electron chi connectivity index (χ2n) is 7.35. The zero-order valence-electron chi connectivity index (χ0n) is 16.3. The first kappa shape index (κ1) is 25.4. The lowest BCUT2D eigenvalue weighted by Gasteiger charge is -2.04. The van der Waals surface area contributed by atoms with Crippen LogP contribution in [0.3, 0.4) is 0 Å². The van der Waals surface area contributed by atoms with Gasteiger partial charge in [0.2, 0.25) is 12.9 Å². The van der Waals surface area contributed by atoms with Gasteiger partial charge in [-0.1, -0.05) is 64.2 Å². The summed E-state index contributed by atoms with van der Waals surface area (Å²) >= 11 is 0. The molecule has 0 aromatic carbocycles. The van der Waals surface area contributed by atoms with E-state index in [2.05, 4.69) is 0 Å². The largest absolute Gasteiger partial charge is 0.300 e. The summed E-state index contributed by atoms with van der Waals surface area (Å²) in [6.07, 6.45) is 10.4. The van der Waals surface area contributed by atoms with E-state index in [4.69, 9.17) is 0 Å². The van der Waals surface area contributed by atoms with E-state index in [-0.39, 0.29) is 12.8 Å². The van der Waals surface area contributed by atoms with Crippen molar-refractivity contribution in [2.24, 2.45) is 0 Å². The number of carbonyl (C=O) groups is 1. The summed E-state index contributed by atoms with van der Waals surface area (Å²) in [7, 11) is 0. The Bertz CT molecular complexity index is 280. The maximum Gasteiger partial charge on any atom is 0.238 e. The van der Waals surface area contributed by atoms with Crippen molar-refractivity contribution in [2.45, 2.75) is 128 Å². The predicted molar refractivity (Wildman–Crippen MR) is 100 cm³/mol. The van der Waals surface area contributed by atoms with Crippen LogP contribution >= 0.6 is 0 Å². The zero-order chi connectivity index (χ0) is 19.5. The summed E-state index contributed by atoms with van der Waals surface area (Å²) in [5.74, 6) is 0.346. The third-order valence-electron chi connectivity index (χ3n) is 4.76. The van der Waals surface area contributed by atoms with E-state index in [0.717, 1.165) is 77.0 Å². The standard InChI is InChI=1S/C21H38F4O/c22-20(23)17-13-9-5-1-3-7-11-15-19(26)16-12-8-4-2-6-10-14-18-21(24)25/h20-21H,1-18H2. The average Bonchev–Trinajstić information content (AvgIpc) is 2.58. The molecule has 0 aromatic heterocycles. The summed E-state index contributed by atoms with van der Waals surface area (Å²) in [5, 5.41) is 0. The Morgan fingerprint density at radius 3 is 1.04 bits per heavy atom. The Morgan fingerprint density at radius 2 is 0.731 bits per heavy atom. The quantitative estimate of drug-likeness (QED) is 0.153. The van der Waals surface area contributed by atoms with Crippen LogP contribution < -0.4 is 0 Å². The van der Waals surface area contributed by atoms with Gasteiger partial charge in [0.15, 0.2) is 0 Å². The van der Waals surface area contributed by atoms with Crippen molar-refractivity contribution < 1.29 is 22.4 Å². The van der Waals surface area contributed by atoms with Crippen molar-refractivity contribution in [3.05, 3.63) is 0 Å². The van der Waals surface area contributed by atoms with Gasteiger partial charge in [0, 0.05) is 25.7 Å². The van der Waals surface area contributed by atoms with Crippen LogP contribution in [0.1, 0.15) is 116 Å². The average molecular weight is 383 g/mol. The summed E-state index contributed by atoms with van der Waals surface area (Å²) in [5.41, 5.74) is 0. The van der Waals surface area contributed by atoms with Gasteiger partial charge in [-0.25, -0.2) is 17.6 Å². The second kappa shape index (κ2) is 19.2. The van der Waals surface area contributed by atoms with E-state index in [1.165, 1.54) is 0 Å². The van der Waals surface area contributed by atoms with E-state index < -0.39 is 12.9 Å². The number of hydrogen-bond acceptors (Lipinski definition) is 1. The van der Waals surface area contributed by atoms with Gasteiger partial charge in [-0.05, 0) is 25.7 Å². The molecular formula is C21H38F4O. The Balaban J connectivity index is 3.18. The van der Waals surface area contributed by atoms with Gasteiger partial charge in [0.25, 0.3) is 0 Å². The van der Waals surface area contributed by atoms with Crippen LogP contribution in [0.15, 0.2) is 0 Å². The van der Waals surface area contributed by atoms with Gasteiger partial charge in [-0.3, -0.25) is 4.79 Å². The number of alkyl halides is 4. The topological polar surface area (TPSA) is 17.1 Å². The van der Waals surface area contributed by atoms with Gasteiger partial charge in [0.05, 0.1) is 0 Å². The van der Waals surface area contributed by atoms with E-state index in [1.807, 2.05) is 0 Å². The lowest BCUT2D eigenvalue weighted by Crippen LogP contribution is -1.97. The molecule has 0 aliphatic heterocycles. The van der Waals surface area contributed by atoms with Crippen LogP contribution in [-0.4, -0.2) is 18.6 Å². The molecule has 0 spiro atoms. The zero-order valence-corrected chi connectivity index (χ0v) is 16.3. The highest BCUT2D eigenvalue weighted by Crippen LogP contribution is 2.14. The van der Waals surface area contributed by atoms with Crippen molar-refractivity contribution in [1.29, 1.82) is 0 Å². The molecule has 0 amide bonds. The third kappa shape index (κ3) is 21.4. The highest BCUT2D eigenvalue weighted by molar-refractivity contribution is 5.78. The van der Waals surface area contributed by atoms with Crippen LogP contribution in [0.4, 0.5) is 17.6 Å². The van der Waals surface area contributed by atoms with Crippen LogP contribution in [0.25, 0.3) is 0 Å². The molecule has 1 nitrogen and oxygen atoms in total. The maximum absolute atomic E-state index is 12.0. The van der Waals surface area contributed by atoms with Crippen LogP contribution in [0, 0.1) is 0 Å². The molecular weight excluding hydrogens is 344 g/mol. The fourth-order valence-corrected chi connectivity index (χ4v) is 3.13. The number of rotatable bonds is 20. The molecule has 0 atom stereocenters. The first-order valence-corrected chi connectivity index (χ1v) is 10.6. The molecule has 0 unspecified atom stereocenters. The second-order valence-corrected chi connectivity index (χ2v) is 7.35. The number of unbranched alkanes of at least 4 members (excludes halogenated alkanes) is 12. The van der Waals surface area contributed by atoms with E-state index >= 15 is 0 Å².